The summed E-state index contributed by atoms with van der Waals surface area (Å²) in [7, 11) is 0. The van der Waals surface area contributed by atoms with Gasteiger partial charge < -0.3 is 10.6 Å². The van der Waals surface area contributed by atoms with Gasteiger partial charge in [0.2, 0.25) is 0 Å². The van der Waals surface area contributed by atoms with E-state index in [9.17, 15) is 0 Å². The van der Waals surface area contributed by atoms with E-state index in [1.54, 1.807) is 0 Å². The summed E-state index contributed by atoms with van der Waals surface area (Å²) in [6, 6.07) is 0. The van der Waals surface area contributed by atoms with E-state index in [2.05, 4.69) is 25.7 Å². The van der Waals surface area contributed by atoms with Gasteiger partial charge in [-0.1, -0.05) is 20.8 Å². The zero-order valence-corrected chi connectivity index (χ0v) is 11.1. The lowest BCUT2D eigenvalue weighted by Gasteiger charge is -2.27. The largest absolute Gasteiger partial charge is 0.388 e. The Morgan fingerprint density at radius 3 is 2.56 bits per heavy atom. The molecular formula is C13H27N3. The number of likely N-dealkylation sites (tertiary alicyclic amines) is 1. The van der Waals surface area contributed by atoms with Crippen LogP contribution >= 0.6 is 0 Å². The van der Waals surface area contributed by atoms with Gasteiger partial charge in [-0.3, -0.25) is 5.41 Å². The van der Waals surface area contributed by atoms with Gasteiger partial charge in [-0.2, -0.15) is 0 Å². The van der Waals surface area contributed by atoms with Crippen LogP contribution in [-0.2, 0) is 0 Å². The predicted octanol–water partition coefficient (Wildman–Crippen LogP) is 2.46. The summed E-state index contributed by atoms with van der Waals surface area (Å²) < 4.78 is 0. The molecule has 3 nitrogen and oxygen atoms in total. The third kappa shape index (κ3) is 4.52. The lowest BCUT2D eigenvalue weighted by Crippen LogP contribution is -2.26. The fourth-order valence-electron chi connectivity index (χ4n) is 2.39. The topological polar surface area (TPSA) is 53.1 Å². The Balaban J connectivity index is 2.15. The fourth-order valence-corrected chi connectivity index (χ4v) is 2.39. The van der Waals surface area contributed by atoms with Crippen molar-refractivity contribution < 1.29 is 0 Å². The molecular weight excluding hydrogens is 198 g/mol. The van der Waals surface area contributed by atoms with Crippen molar-refractivity contribution in [2.45, 2.75) is 46.5 Å². The van der Waals surface area contributed by atoms with Gasteiger partial charge in [0.05, 0.1) is 5.84 Å². The molecule has 0 aromatic rings. The average molecular weight is 225 g/mol. The van der Waals surface area contributed by atoms with Crippen molar-refractivity contribution in [1.82, 2.24) is 4.90 Å². The van der Waals surface area contributed by atoms with E-state index < -0.39 is 0 Å². The number of rotatable bonds is 5. The SMILES string of the molecule is CC(C)(C)C1CCN(CCCCC(=N)N)C1. The predicted molar refractivity (Wildman–Crippen MR) is 69.8 cm³/mol. The van der Waals surface area contributed by atoms with Crippen LogP contribution in [0.3, 0.4) is 0 Å². The molecule has 1 saturated heterocycles. The highest BCUT2D eigenvalue weighted by Crippen LogP contribution is 2.33. The summed E-state index contributed by atoms with van der Waals surface area (Å²) >= 11 is 0. The first-order valence-electron chi connectivity index (χ1n) is 6.45. The van der Waals surface area contributed by atoms with Gasteiger partial charge in [0.25, 0.3) is 0 Å². The van der Waals surface area contributed by atoms with E-state index in [4.69, 9.17) is 11.1 Å². The van der Waals surface area contributed by atoms with Gasteiger partial charge in [-0.25, -0.2) is 0 Å². The van der Waals surface area contributed by atoms with Gasteiger partial charge in [0.1, 0.15) is 0 Å². The molecule has 0 spiro atoms. The van der Waals surface area contributed by atoms with Crippen molar-refractivity contribution in [3.8, 4) is 0 Å². The van der Waals surface area contributed by atoms with E-state index in [1.807, 2.05) is 0 Å². The van der Waals surface area contributed by atoms with Crippen molar-refractivity contribution in [3.63, 3.8) is 0 Å². The summed E-state index contributed by atoms with van der Waals surface area (Å²) in [6.07, 6.45) is 4.34. The molecule has 94 valence electrons. The standard InChI is InChI=1S/C13H27N3/c1-13(2,3)11-7-9-16(10-11)8-5-4-6-12(14)15/h11H,4-10H2,1-3H3,(H3,14,15). The number of hydrogen-bond donors (Lipinski definition) is 2. The second-order valence-corrected chi connectivity index (χ2v) is 6.13. The summed E-state index contributed by atoms with van der Waals surface area (Å²) in [4.78, 5) is 2.57. The van der Waals surface area contributed by atoms with E-state index >= 15 is 0 Å². The Kier molecular flexibility index (Phi) is 4.78. The minimum Gasteiger partial charge on any atom is -0.388 e. The van der Waals surface area contributed by atoms with Crippen LogP contribution in [0.15, 0.2) is 0 Å². The normalized spacial score (nSPS) is 22.6. The first-order valence-corrected chi connectivity index (χ1v) is 6.45. The molecule has 0 bridgehead atoms. The summed E-state index contributed by atoms with van der Waals surface area (Å²) in [6.45, 7) is 10.7. The molecule has 1 rings (SSSR count). The van der Waals surface area contributed by atoms with E-state index in [1.165, 1.54) is 32.5 Å². The van der Waals surface area contributed by atoms with Gasteiger partial charge in [-0.15, -0.1) is 0 Å². The minimum absolute atomic E-state index is 0.328. The number of unbranched alkanes of at least 4 members (excludes halogenated alkanes) is 1. The zero-order chi connectivity index (χ0) is 12.2. The lowest BCUT2D eigenvalue weighted by molar-refractivity contribution is 0.228. The molecule has 0 aromatic heterocycles. The second kappa shape index (κ2) is 5.67. The maximum absolute atomic E-state index is 7.16. The minimum atomic E-state index is 0.328. The highest BCUT2D eigenvalue weighted by Gasteiger charge is 2.31. The van der Waals surface area contributed by atoms with E-state index in [0.717, 1.165) is 18.8 Å². The molecule has 1 heterocycles. The van der Waals surface area contributed by atoms with Gasteiger partial charge in [0.15, 0.2) is 0 Å². The van der Waals surface area contributed by atoms with Gasteiger partial charge in [-0.05, 0) is 43.7 Å². The number of amidine groups is 1. The van der Waals surface area contributed by atoms with Crippen molar-refractivity contribution in [2.24, 2.45) is 17.1 Å². The van der Waals surface area contributed by atoms with Crippen LogP contribution in [-0.4, -0.2) is 30.4 Å². The Hall–Kier alpha value is -0.570. The van der Waals surface area contributed by atoms with Crippen LogP contribution in [0.2, 0.25) is 0 Å². The molecule has 1 atom stereocenters. The highest BCUT2D eigenvalue weighted by molar-refractivity contribution is 5.76. The molecule has 3 heteroatoms. The van der Waals surface area contributed by atoms with Crippen LogP contribution in [0.25, 0.3) is 0 Å². The Bertz CT molecular complexity index is 230. The van der Waals surface area contributed by atoms with Crippen molar-refractivity contribution in [3.05, 3.63) is 0 Å². The number of nitrogens with one attached hydrogen (secondary N) is 1. The maximum atomic E-state index is 7.16. The van der Waals surface area contributed by atoms with Gasteiger partial charge in [0, 0.05) is 13.0 Å². The number of hydrogen-bond acceptors (Lipinski definition) is 2. The quantitative estimate of drug-likeness (QED) is 0.429. The van der Waals surface area contributed by atoms with Crippen molar-refractivity contribution >= 4 is 5.84 Å². The Morgan fingerprint density at radius 2 is 2.06 bits per heavy atom. The molecule has 0 amide bonds. The third-order valence-corrected chi connectivity index (χ3v) is 3.67. The fraction of sp³-hybridized carbons (Fsp3) is 0.923. The molecule has 1 unspecified atom stereocenters. The van der Waals surface area contributed by atoms with Crippen LogP contribution in [0.1, 0.15) is 46.5 Å². The first kappa shape index (κ1) is 13.5. The Morgan fingerprint density at radius 1 is 1.38 bits per heavy atom. The molecule has 3 N–H and O–H groups in total. The molecule has 0 radical (unpaired) electrons. The monoisotopic (exact) mass is 225 g/mol. The average Bonchev–Trinajstić information content (AvgIpc) is 2.59. The van der Waals surface area contributed by atoms with E-state index in [-0.39, 0.29) is 0 Å². The zero-order valence-electron chi connectivity index (χ0n) is 11.1. The van der Waals surface area contributed by atoms with Gasteiger partial charge >= 0.3 is 0 Å². The second-order valence-electron chi connectivity index (χ2n) is 6.13. The highest BCUT2D eigenvalue weighted by atomic mass is 15.1. The molecule has 1 fully saturated rings. The molecule has 1 aliphatic heterocycles. The summed E-state index contributed by atoms with van der Waals surface area (Å²) in [5.74, 6) is 1.18. The molecule has 1 aliphatic rings. The number of nitrogens with two attached hydrogens (primary N) is 1. The third-order valence-electron chi connectivity index (χ3n) is 3.67. The smallest absolute Gasteiger partial charge is 0.0905 e. The molecule has 0 saturated carbocycles. The van der Waals surface area contributed by atoms with Crippen LogP contribution in [0.5, 0.6) is 0 Å². The Labute approximate surface area is 99.9 Å². The number of nitrogens with zero attached hydrogens (tertiary/aromatic N) is 1. The lowest BCUT2D eigenvalue weighted by atomic mass is 9.80. The summed E-state index contributed by atoms with van der Waals surface area (Å²) in [5, 5.41) is 7.16. The molecule has 0 aromatic carbocycles. The van der Waals surface area contributed by atoms with Crippen LogP contribution in [0.4, 0.5) is 0 Å². The van der Waals surface area contributed by atoms with Crippen LogP contribution < -0.4 is 5.73 Å². The van der Waals surface area contributed by atoms with E-state index in [0.29, 0.717) is 11.3 Å². The molecule has 0 aliphatic carbocycles. The van der Waals surface area contributed by atoms with Crippen molar-refractivity contribution in [2.75, 3.05) is 19.6 Å². The maximum Gasteiger partial charge on any atom is 0.0905 e. The summed E-state index contributed by atoms with van der Waals surface area (Å²) in [5.41, 5.74) is 5.79. The first-order chi connectivity index (χ1) is 7.39. The molecule has 16 heavy (non-hydrogen) atoms. The van der Waals surface area contributed by atoms with Crippen LogP contribution in [0, 0.1) is 16.7 Å². The van der Waals surface area contributed by atoms with Crippen molar-refractivity contribution in [1.29, 1.82) is 5.41 Å².